The van der Waals surface area contributed by atoms with E-state index in [1.165, 1.54) is 28.9 Å². The van der Waals surface area contributed by atoms with E-state index in [1.54, 1.807) is 15.9 Å². The molecular formula is C20H27N4OS+. The molecule has 1 aromatic carbocycles. The number of aryl methyl sites for hydroxylation is 2. The largest absolute Gasteiger partial charge is 0.492 e. The highest BCUT2D eigenvalue weighted by molar-refractivity contribution is 7.17. The van der Waals surface area contributed by atoms with E-state index in [4.69, 9.17) is 0 Å². The smallest absolute Gasteiger partial charge is 0.235 e. The Labute approximate surface area is 158 Å². The summed E-state index contributed by atoms with van der Waals surface area (Å²) >= 11 is 1.58. The fraction of sp³-hybridized carbons (Fsp3) is 0.500. The van der Waals surface area contributed by atoms with Crippen molar-refractivity contribution in [2.45, 2.75) is 46.1 Å². The van der Waals surface area contributed by atoms with Crippen molar-refractivity contribution < 1.29 is 10.0 Å². The molecule has 1 aliphatic rings. The number of aromatic nitrogens is 3. The number of nitrogens with zero attached hydrogens (tertiary/aromatic N) is 3. The van der Waals surface area contributed by atoms with E-state index in [0.29, 0.717) is 0 Å². The van der Waals surface area contributed by atoms with Gasteiger partial charge >= 0.3 is 0 Å². The van der Waals surface area contributed by atoms with Crippen molar-refractivity contribution in [3.8, 4) is 5.88 Å². The molecule has 0 radical (unpaired) electrons. The monoisotopic (exact) mass is 371 g/mol. The van der Waals surface area contributed by atoms with Gasteiger partial charge in [0.15, 0.2) is 11.9 Å². The summed E-state index contributed by atoms with van der Waals surface area (Å²) in [6.45, 7) is 8.75. The first-order valence-electron chi connectivity index (χ1n) is 9.55. The molecule has 3 aromatic rings. The van der Waals surface area contributed by atoms with Crippen LogP contribution in [0.15, 0.2) is 24.3 Å². The highest BCUT2D eigenvalue weighted by Crippen LogP contribution is 2.35. The summed E-state index contributed by atoms with van der Waals surface area (Å²) in [5.41, 5.74) is 2.52. The Bertz CT molecular complexity index is 891. The van der Waals surface area contributed by atoms with Crippen molar-refractivity contribution in [3.63, 3.8) is 0 Å². The second-order valence-corrected chi connectivity index (χ2v) is 8.56. The predicted molar refractivity (Wildman–Crippen MR) is 104 cm³/mol. The van der Waals surface area contributed by atoms with Gasteiger partial charge in [-0.25, -0.2) is 4.98 Å². The summed E-state index contributed by atoms with van der Waals surface area (Å²) in [6, 6.07) is 8.88. The lowest BCUT2D eigenvalue weighted by molar-refractivity contribution is -0.931. The number of hydrogen-bond acceptors (Lipinski definition) is 4. The van der Waals surface area contributed by atoms with Crippen molar-refractivity contribution in [2.24, 2.45) is 5.92 Å². The lowest BCUT2D eigenvalue weighted by Crippen LogP contribution is -3.13. The van der Waals surface area contributed by atoms with Gasteiger partial charge in [-0.3, -0.25) is 0 Å². The number of thiazole rings is 1. The van der Waals surface area contributed by atoms with Gasteiger partial charge in [-0.2, -0.15) is 4.52 Å². The van der Waals surface area contributed by atoms with Gasteiger partial charge in [0.1, 0.15) is 4.88 Å². The molecule has 0 amide bonds. The van der Waals surface area contributed by atoms with Crippen LogP contribution in [0.1, 0.15) is 54.6 Å². The number of benzene rings is 1. The molecule has 1 atom stereocenters. The zero-order chi connectivity index (χ0) is 18.3. The lowest BCUT2D eigenvalue weighted by Gasteiger charge is -2.33. The molecule has 2 aromatic heterocycles. The molecule has 2 N–H and O–H groups in total. The summed E-state index contributed by atoms with van der Waals surface area (Å²) < 4.78 is 1.62. The second-order valence-electron chi connectivity index (χ2n) is 7.55. The number of hydrogen-bond donors (Lipinski definition) is 2. The van der Waals surface area contributed by atoms with Gasteiger partial charge in [0, 0.05) is 12.0 Å². The normalized spacial score (nSPS) is 22.0. The first-order chi connectivity index (χ1) is 12.6. The van der Waals surface area contributed by atoms with Crippen molar-refractivity contribution in [2.75, 3.05) is 13.1 Å². The van der Waals surface area contributed by atoms with E-state index in [2.05, 4.69) is 48.2 Å². The molecule has 0 bridgehead atoms. The van der Waals surface area contributed by atoms with Crippen LogP contribution in [0.5, 0.6) is 5.88 Å². The number of quaternary nitrogens is 1. The Balaban J connectivity index is 1.78. The fourth-order valence-electron chi connectivity index (χ4n) is 3.88. The Morgan fingerprint density at radius 3 is 2.58 bits per heavy atom. The van der Waals surface area contributed by atoms with Crippen LogP contribution >= 0.6 is 11.3 Å². The van der Waals surface area contributed by atoms with Crippen LogP contribution < -0.4 is 4.90 Å². The average Bonchev–Trinajstić information content (AvgIpc) is 3.18. The zero-order valence-electron chi connectivity index (χ0n) is 15.7. The van der Waals surface area contributed by atoms with Crippen molar-refractivity contribution >= 4 is 16.3 Å². The molecule has 138 valence electrons. The summed E-state index contributed by atoms with van der Waals surface area (Å²) in [5.74, 6) is 1.83. The van der Waals surface area contributed by atoms with Gasteiger partial charge in [-0.05, 0) is 25.7 Å². The topological polar surface area (TPSA) is 54.9 Å². The van der Waals surface area contributed by atoms with Gasteiger partial charge in [0.05, 0.1) is 13.1 Å². The fourth-order valence-corrected chi connectivity index (χ4v) is 5.04. The molecule has 0 aliphatic carbocycles. The number of aromatic hydroxyl groups is 1. The van der Waals surface area contributed by atoms with Crippen LogP contribution in [-0.4, -0.2) is 32.8 Å². The van der Waals surface area contributed by atoms with Crippen LogP contribution in [-0.2, 0) is 6.42 Å². The third kappa shape index (κ3) is 3.12. The third-order valence-corrected chi connectivity index (χ3v) is 6.64. The quantitative estimate of drug-likeness (QED) is 0.741. The summed E-state index contributed by atoms with van der Waals surface area (Å²) in [5, 5.41) is 15.4. The van der Waals surface area contributed by atoms with Crippen molar-refractivity contribution in [1.29, 1.82) is 0 Å². The Morgan fingerprint density at radius 1 is 1.27 bits per heavy atom. The van der Waals surface area contributed by atoms with Crippen molar-refractivity contribution in [3.05, 3.63) is 46.1 Å². The van der Waals surface area contributed by atoms with Crippen LogP contribution in [0.4, 0.5) is 0 Å². The molecule has 1 fully saturated rings. The minimum absolute atomic E-state index is 0.140. The standard InChI is InChI=1S/C20H26N4OS/c1-4-16-21-20-24(22-16)19(25)18(26-20)17(15-7-5-13(2)6-8-15)23-11-9-14(3)10-12-23/h5-8,14,17,25H,4,9-12H2,1-3H3/p+1/t17-/m0/s1. The number of rotatable bonds is 4. The van der Waals surface area contributed by atoms with Crippen LogP contribution in [0, 0.1) is 12.8 Å². The Kier molecular flexibility index (Phi) is 4.71. The average molecular weight is 372 g/mol. The Hall–Kier alpha value is -1.92. The summed E-state index contributed by atoms with van der Waals surface area (Å²) in [7, 11) is 0. The Morgan fingerprint density at radius 2 is 1.96 bits per heavy atom. The van der Waals surface area contributed by atoms with Gasteiger partial charge in [-0.15, -0.1) is 5.10 Å². The van der Waals surface area contributed by atoms with Gasteiger partial charge in [0.2, 0.25) is 10.8 Å². The maximum atomic E-state index is 10.9. The summed E-state index contributed by atoms with van der Waals surface area (Å²) in [6.07, 6.45) is 3.25. The van der Waals surface area contributed by atoms with Crippen LogP contribution in [0.3, 0.4) is 0 Å². The first-order valence-corrected chi connectivity index (χ1v) is 10.4. The molecular weight excluding hydrogens is 344 g/mol. The van der Waals surface area contributed by atoms with E-state index in [0.717, 1.165) is 41.1 Å². The second kappa shape index (κ2) is 7.00. The minimum atomic E-state index is 0.140. The molecule has 6 heteroatoms. The van der Waals surface area contributed by atoms with E-state index in [9.17, 15) is 5.11 Å². The SMILES string of the molecule is CCc1nc2sc([C@H](c3ccc(C)cc3)[NH+]3CCC(C)CC3)c(O)n2n1. The molecule has 1 aliphatic heterocycles. The van der Waals surface area contributed by atoms with Gasteiger partial charge in [-0.1, -0.05) is 55.0 Å². The van der Waals surface area contributed by atoms with Gasteiger partial charge in [0.25, 0.3) is 0 Å². The van der Waals surface area contributed by atoms with E-state index < -0.39 is 0 Å². The molecule has 4 rings (SSSR count). The summed E-state index contributed by atoms with van der Waals surface area (Å²) in [4.78, 5) is 7.86. The minimum Gasteiger partial charge on any atom is -0.492 e. The predicted octanol–water partition coefficient (Wildman–Crippen LogP) is 2.77. The molecule has 0 unspecified atom stereocenters. The highest BCUT2D eigenvalue weighted by Gasteiger charge is 2.34. The molecule has 0 spiro atoms. The maximum Gasteiger partial charge on any atom is 0.235 e. The van der Waals surface area contributed by atoms with E-state index in [-0.39, 0.29) is 11.9 Å². The molecule has 3 heterocycles. The third-order valence-electron chi connectivity index (χ3n) is 5.56. The van der Waals surface area contributed by atoms with Crippen molar-refractivity contribution in [1.82, 2.24) is 14.6 Å². The number of likely N-dealkylation sites (tertiary alicyclic amines) is 1. The number of nitrogens with one attached hydrogen (secondary N) is 1. The molecule has 26 heavy (non-hydrogen) atoms. The first kappa shape index (κ1) is 17.5. The highest BCUT2D eigenvalue weighted by atomic mass is 32.1. The van der Waals surface area contributed by atoms with Crippen LogP contribution in [0.25, 0.3) is 4.96 Å². The van der Waals surface area contributed by atoms with Gasteiger partial charge < -0.3 is 10.0 Å². The lowest BCUT2D eigenvalue weighted by atomic mass is 9.95. The number of piperidine rings is 1. The zero-order valence-corrected chi connectivity index (χ0v) is 16.5. The molecule has 1 saturated heterocycles. The maximum absolute atomic E-state index is 10.9. The molecule has 0 saturated carbocycles. The molecule has 5 nitrogen and oxygen atoms in total. The van der Waals surface area contributed by atoms with E-state index >= 15 is 0 Å². The van der Waals surface area contributed by atoms with E-state index in [1.807, 2.05) is 6.92 Å². The number of fused-ring (bicyclic) bond motifs is 1. The van der Waals surface area contributed by atoms with Crippen LogP contribution in [0.2, 0.25) is 0 Å².